The molecule has 2 heterocycles. The number of hydrazine groups is 1. The number of benzene rings is 2. The second-order valence-electron chi connectivity index (χ2n) is 6.17. The number of carbonyl (C=O) groups is 1. The molecule has 0 aliphatic carbocycles. The Labute approximate surface area is 145 Å². The summed E-state index contributed by atoms with van der Waals surface area (Å²) in [5, 5.41) is 4.54. The number of rotatable bonds is 3. The number of fused-ring (bicyclic) bond motifs is 3. The Balaban J connectivity index is 1.90. The third kappa shape index (κ3) is 2.56. The maximum atomic E-state index is 12.2. The van der Waals surface area contributed by atoms with Gasteiger partial charge in [-0.3, -0.25) is 15.5 Å². The largest absolute Gasteiger partial charge is 0.496 e. The minimum Gasteiger partial charge on any atom is -0.496 e. The lowest BCUT2D eigenvalue weighted by Crippen LogP contribution is -2.51. The smallest absolute Gasteiger partial charge is 0.251 e. The topological polar surface area (TPSA) is 92.2 Å². The monoisotopic (exact) mass is 336 g/mol. The summed E-state index contributed by atoms with van der Waals surface area (Å²) in [7, 11) is 1.65. The van der Waals surface area contributed by atoms with Gasteiger partial charge in [0.1, 0.15) is 5.75 Å². The fourth-order valence-corrected chi connectivity index (χ4v) is 3.65. The molecular weight excluding hydrogens is 316 g/mol. The van der Waals surface area contributed by atoms with Gasteiger partial charge in [0, 0.05) is 22.2 Å². The fraction of sp³-hybridized carbons (Fsp3) is 0.211. The summed E-state index contributed by atoms with van der Waals surface area (Å²) in [6.45, 7) is 0. The number of carbonyl (C=O) groups excluding carboxylic acids is 1. The molecule has 6 nitrogen and oxygen atoms in total. The van der Waals surface area contributed by atoms with E-state index in [2.05, 4.69) is 21.8 Å². The van der Waals surface area contributed by atoms with Gasteiger partial charge in [-0.05, 0) is 24.1 Å². The Morgan fingerprint density at radius 2 is 1.96 bits per heavy atom. The van der Waals surface area contributed by atoms with Crippen molar-refractivity contribution in [1.82, 2.24) is 15.7 Å². The zero-order valence-electron chi connectivity index (χ0n) is 13.9. The van der Waals surface area contributed by atoms with Gasteiger partial charge in [0.15, 0.2) is 0 Å². The van der Waals surface area contributed by atoms with Gasteiger partial charge in [-0.15, -0.1) is 0 Å². The molecule has 1 aliphatic rings. The Morgan fingerprint density at radius 3 is 2.76 bits per heavy atom. The molecule has 4 rings (SSSR count). The number of nitrogens with one attached hydrogen (secondary N) is 3. The van der Waals surface area contributed by atoms with Crippen LogP contribution in [0.5, 0.6) is 5.75 Å². The molecule has 1 amide bonds. The van der Waals surface area contributed by atoms with E-state index in [1.54, 1.807) is 7.11 Å². The normalized spacial score (nSPS) is 19.4. The predicted molar refractivity (Wildman–Crippen MR) is 96.1 cm³/mol. The van der Waals surface area contributed by atoms with Crippen molar-refractivity contribution in [3.05, 3.63) is 65.4 Å². The quantitative estimate of drug-likeness (QED) is 0.333. The SMILES string of the molecule is COc1ccccc1C1NC(C(=O)NN)Cc2c1[nH]c1ccccc21. The molecule has 5 N–H and O–H groups in total. The third-order valence-electron chi connectivity index (χ3n) is 4.82. The van der Waals surface area contributed by atoms with Gasteiger partial charge in [-0.25, -0.2) is 5.84 Å². The molecule has 0 fully saturated rings. The summed E-state index contributed by atoms with van der Waals surface area (Å²) in [5.41, 5.74) is 6.50. The molecular formula is C19H20N4O2. The van der Waals surface area contributed by atoms with Crippen molar-refractivity contribution >= 4 is 16.8 Å². The van der Waals surface area contributed by atoms with E-state index in [9.17, 15) is 4.79 Å². The van der Waals surface area contributed by atoms with Crippen LogP contribution in [0, 0.1) is 0 Å². The van der Waals surface area contributed by atoms with E-state index in [1.807, 2.05) is 42.5 Å². The molecule has 1 aliphatic heterocycles. The number of hydrogen-bond acceptors (Lipinski definition) is 4. The number of aromatic amines is 1. The molecule has 2 unspecified atom stereocenters. The number of nitrogens with two attached hydrogens (primary N) is 1. The van der Waals surface area contributed by atoms with Crippen molar-refractivity contribution in [3.63, 3.8) is 0 Å². The maximum absolute atomic E-state index is 12.2. The lowest BCUT2D eigenvalue weighted by atomic mass is 9.89. The van der Waals surface area contributed by atoms with Crippen LogP contribution in [0.3, 0.4) is 0 Å². The summed E-state index contributed by atoms with van der Waals surface area (Å²) in [4.78, 5) is 15.7. The van der Waals surface area contributed by atoms with Crippen LogP contribution < -0.4 is 21.3 Å². The van der Waals surface area contributed by atoms with Crippen LogP contribution in [0.4, 0.5) is 0 Å². The zero-order valence-corrected chi connectivity index (χ0v) is 13.9. The molecule has 2 atom stereocenters. The van der Waals surface area contributed by atoms with Crippen LogP contribution in [-0.2, 0) is 11.2 Å². The average Bonchev–Trinajstić information content (AvgIpc) is 3.05. The van der Waals surface area contributed by atoms with E-state index >= 15 is 0 Å². The molecule has 1 aromatic heterocycles. The number of methoxy groups -OCH3 is 1. The number of H-pyrrole nitrogens is 1. The Morgan fingerprint density at radius 1 is 1.20 bits per heavy atom. The zero-order chi connectivity index (χ0) is 17.4. The fourth-order valence-electron chi connectivity index (χ4n) is 3.65. The van der Waals surface area contributed by atoms with Gasteiger partial charge < -0.3 is 9.72 Å². The van der Waals surface area contributed by atoms with Gasteiger partial charge in [-0.2, -0.15) is 0 Å². The molecule has 6 heteroatoms. The molecule has 3 aromatic rings. The van der Waals surface area contributed by atoms with Crippen LogP contribution in [0.15, 0.2) is 48.5 Å². The van der Waals surface area contributed by atoms with Crippen molar-refractivity contribution in [2.45, 2.75) is 18.5 Å². The molecule has 0 saturated carbocycles. The number of para-hydroxylation sites is 2. The second-order valence-corrected chi connectivity index (χ2v) is 6.17. The summed E-state index contributed by atoms with van der Waals surface area (Å²) < 4.78 is 5.53. The molecule has 0 spiro atoms. The van der Waals surface area contributed by atoms with E-state index in [-0.39, 0.29) is 11.9 Å². The molecule has 0 bridgehead atoms. The van der Waals surface area contributed by atoms with E-state index < -0.39 is 6.04 Å². The molecule has 2 aromatic carbocycles. The van der Waals surface area contributed by atoms with Crippen molar-refractivity contribution in [2.24, 2.45) is 5.84 Å². The molecule has 25 heavy (non-hydrogen) atoms. The summed E-state index contributed by atoms with van der Waals surface area (Å²) in [6, 6.07) is 15.4. The van der Waals surface area contributed by atoms with Gasteiger partial charge in [0.05, 0.1) is 19.2 Å². The summed E-state index contributed by atoms with van der Waals surface area (Å²) in [5.74, 6) is 5.93. The highest BCUT2D eigenvalue weighted by Crippen LogP contribution is 2.38. The van der Waals surface area contributed by atoms with Gasteiger partial charge in [0.25, 0.3) is 5.91 Å². The van der Waals surface area contributed by atoms with Gasteiger partial charge >= 0.3 is 0 Å². The van der Waals surface area contributed by atoms with Crippen molar-refractivity contribution in [2.75, 3.05) is 7.11 Å². The first-order valence-electron chi connectivity index (χ1n) is 8.22. The van der Waals surface area contributed by atoms with Crippen molar-refractivity contribution < 1.29 is 9.53 Å². The number of aromatic nitrogens is 1. The highest BCUT2D eigenvalue weighted by molar-refractivity contribution is 5.88. The molecule has 0 radical (unpaired) electrons. The van der Waals surface area contributed by atoms with Crippen molar-refractivity contribution in [1.29, 1.82) is 0 Å². The Bertz CT molecular complexity index is 934. The minimum atomic E-state index is -0.411. The van der Waals surface area contributed by atoms with Gasteiger partial charge in [-0.1, -0.05) is 36.4 Å². The first kappa shape index (κ1) is 15.7. The average molecular weight is 336 g/mol. The maximum Gasteiger partial charge on any atom is 0.251 e. The molecule has 128 valence electrons. The standard InChI is InChI=1S/C19H20N4O2/c1-25-16-9-5-3-7-12(16)17-18-13(10-15(22-17)19(24)23-20)11-6-2-4-8-14(11)21-18/h2-9,15,17,21-22H,10,20H2,1H3,(H,23,24). The number of hydrogen-bond donors (Lipinski definition) is 4. The number of ether oxygens (including phenoxy) is 1. The lowest BCUT2D eigenvalue weighted by Gasteiger charge is -2.31. The van der Waals surface area contributed by atoms with Crippen molar-refractivity contribution in [3.8, 4) is 5.75 Å². The van der Waals surface area contributed by atoms with Gasteiger partial charge in [0.2, 0.25) is 0 Å². The first-order chi connectivity index (χ1) is 12.2. The third-order valence-corrected chi connectivity index (χ3v) is 4.82. The Hall–Kier alpha value is -2.83. The van der Waals surface area contributed by atoms with Crippen LogP contribution in [0.25, 0.3) is 10.9 Å². The predicted octanol–water partition coefficient (Wildman–Crippen LogP) is 1.77. The summed E-state index contributed by atoms with van der Waals surface area (Å²) in [6.07, 6.45) is 0.577. The first-order valence-corrected chi connectivity index (χ1v) is 8.22. The van der Waals surface area contributed by atoms with E-state index in [0.29, 0.717) is 6.42 Å². The van der Waals surface area contributed by atoms with Crippen LogP contribution in [0.1, 0.15) is 22.9 Å². The van der Waals surface area contributed by atoms with Crippen LogP contribution in [0.2, 0.25) is 0 Å². The minimum absolute atomic E-state index is 0.186. The molecule has 0 saturated heterocycles. The van der Waals surface area contributed by atoms with E-state index in [0.717, 1.165) is 33.5 Å². The Kier molecular flexibility index (Phi) is 3.91. The van der Waals surface area contributed by atoms with Crippen LogP contribution >= 0.6 is 0 Å². The van der Waals surface area contributed by atoms with E-state index in [1.165, 1.54) is 0 Å². The highest BCUT2D eigenvalue weighted by Gasteiger charge is 2.34. The van der Waals surface area contributed by atoms with Crippen LogP contribution in [-0.4, -0.2) is 24.0 Å². The highest BCUT2D eigenvalue weighted by atomic mass is 16.5. The summed E-state index contributed by atoms with van der Waals surface area (Å²) >= 11 is 0. The van der Waals surface area contributed by atoms with E-state index in [4.69, 9.17) is 10.6 Å². The number of amides is 1. The second kappa shape index (κ2) is 6.23. The lowest BCUT2D eigenvalue weighted by molar-refractivity contribution is -0.123.